The summed E-state index contributed by atoms with van der Waals surface area (Å²) < 4.78 is 6.13. The lowest BCUT2D eigenvalue weighted by Gasteiger charge is -2.31. The minimum Gasteiger partial charge on any atom is -0.458 e. The summed E-state index contributed by atoms with van der Waals surface area (Å²) in [6, 6.07) is 10.6. The number of rotatable bonds is 10. The van der Waals surface area contributed by atoms with Gasteiger partial charge in [-0.3, -0.25) is 0 Å². The molecule has 2 rings (SSSR count). The maximum Gasteiger partial charge on any atom is 0.337 e. The molecule has 1 saturated carbocycles. The normalized spacial score (nSPS) is 20.8. The molecule has 0 spiro atoms. The molecule has 0 aromatic heterocycles. The van der Waals surface area contributed by atoms with Crippen molar-refractivity contribution in [2.75, 3.05) is 0 Å². The van der Waals surface area contributed by atoms with Crippen LogP contribution in [-0.2, 0) is 9.53 Å². The van der Waals surface area contributed by atoms with E-state index in [2.05, 4.69) is 62.6 Å². The SMILES string of the molecule is CCCCCC/C=C/C(=C\[Si](C)(C)C)C(=O)OC1CCCCC1c1ccccc1. The van der Waals surface area contributed by atoms with Crippen LogP contribution in [0, 0.1) is 0 Å². The molecule has 160 valence electrons. The van der Waals surface area contributed by atoms with E-state index in [0.717, 1.165) is 31.3 Å². The molecule has 0 radical (unpaired) electrons. The Morgan fingerprint density at radius 2 is 1.79 bits per heavy atom. The molecule has 2 unspecified atom stereocenters. The summed E-state index contributed by atoms with van der Waals surface area (Å²) >= 11 is 0. The fraction of sp³-hybridized carbons (Fsp3) is 0.577. The van der Waals surface area contributed by atoms with Gasteiger partial charge in [-0.05, 0) is 37.7 Å². The highest BCUT2D eigenvalue weighted by molar-refractivity contribution is 6.81. The van der Waals surface area contributed by atoms with Crippen LogP contribution in [0.5, 0.6) is 0 Å². The average molecular weight is 413 g/mol. The van der Waals surface area contributed by atoms with Crippen LogP contribution >= 0.6 is 0 Å². The molecule has 1 aromatic carbocycles. The molecule has 0 saturated heterocycles. The maximum atomic E-state index is 13.1. The van der Waals surface area contributed by atoms with Gasteiger partial charge >= 0.3 is 5.97 Å². The van der Waals surface area contributed by atoms with E-state index in [1.54, 1.807) is 0 Å². The smallest absolute Gasteiger partial charge is 0.337 e. The van der Waals surface area contributed by atoms with Crippen LogP contribution in [-0.4, -0.2) is 20.1 Å². The zero-order valence-corrected chi connectivity index (χ0v) is 20.0. The third-order valence-electron chi connectivity index (χ3n) is 5.53. The van der Waals surface area contributed by atoms with Crippen LogP contribution in [0.25, 0.3) is 0 Å². The fourth-order valence-corrected chi connectivity index (χ4v) is 5.21. The molecular weight excluding hydrogens is 372 g/mol. The Bertz CT molecular complexity index is 670. The van der Waals surface area contributed by atoms with Crippen LogP contribution < -0.4 is 0 Å². The van der Waals surface area contributed by atoms with Gasteiger partial charge in [0, 0.05) is 5.92 Å². The number of hydrogen-bond acceptors (Lipinski definition) is 2. The van der Waals surface area contributed by atoms with Gasteiger partial charge in [-0.2, -0.15) is 0 Å². The standard InChI is InChI=1S/C26H40O2Si/c1-5-6-7-8-9-11-18-23(21-29(2,3)4)26(27)28-25-20-15-14-19-24(25)22-16-12-10-13-17-22/h10-13,16-18,21,24-25H,5-9,14-15,19-20H2,1-4H3/b18-11+,23-21+. The van der Waals surface area contributed by atoms with Gasteiger partial charge in [0.2, 0.25) is 0 Å². The summed E-state index contributed by atoms with van der Waals surface area (Å²) in [5, 5.41) is 0. The molecule has 2 atom stereocenters. The van der Waals surface area contributed by atoms with Gasteiger partial charge in [-0.25, -0.2) is 4.79 Å². The average Bonchev–Trinajstić information content (AvgIpc) is 2.70. The number of esters is 1. The molecule has 0 heterocycles. The van der Waals surface area contributed by atoms with Crippen molar-refractivity contribution < 1.29 is 9.53 Å². The Labute approximate surface area is 179 Å². The van der Waals surface area contributed by atoms with Crippen molar-refractivity contribution in [1.82, 2.24) is 0 Å². The lowest BCUT2D eigenvalue weighted by atomic mass is 9.81. The van der Waals surface area contributed by atoms with E-state index in [-0.39, 0.29) is 12.1 Å². The van der Waals surface area contributed by atoms with Gasteiger partial charge < -0.3 is 4.74 Å². The molecule has 0 amide bonds. The number of hydrogen-bond donors (Lipinski definition) is 0. The molecule has 0 aliphatic heterocycles. The lowest BCUT2D eigenvalue weighted by Crippen LogP contribution is -2.30. The first-order valence-electron chi connectivity index (χ1n) is 11.6. The monoisotopic (exact) mass is 412 g/mol. The number of carbonyl (C=O) groups is 1. The number of allylic oxidation sites excluding steroid dienone is 1. The second kappa shape index (κ2) is 12.2. The Morgan fingerprint density at radius 1 is 1.07 bits per heavy atom. The highest BCUT2D eigenvalue weighted by atomic mass is 28.3. The van der Waals surface area contributed by atoms with Crippen LogP contribution in [0.2, 0.25) is 19.6 Å². The van der Waals surface area contributed by atoms with E-state index >= 15 is 0 Å². The second-order valence-corrected chi connectivity index (χ2v) is 14.5. The Balaban J connectivity index is 2.07. The summed E-state index contributed by atoms with van der Waals surface area (Å²) in [5.74, 6) is 0.185. The Hall–Kier alpha value is -1.61. The fourth-order valence-electron chi connectivity index (χ4n) is 4.07. The molecule has 3 heteroatoms. The minimum atomic E-state index is -1.53. The summed E-state index contributed by atoms with van der Waals surface area (Å²) in [5.41, 5.74) is 4.25. The van der Waals surface area contributed by atoms with E-state index in [1.165, 1.54) is 37.7 Å². The number of ether oxygens (including phenoxy) is 1. The first kappa shape index (κ1) is 23.7. The lowest BCUT2D eigenvalue weighted by molar-refractivity contribution is -0.146. The summed E-state index contributed by atoms with van der Waals surface area (Å²) in [6.07, 6.45) is 14.6. The van der Waals surface area contributed by atoms with Crippen molar-refractivity contribution in [2.24, 2.45) is 0 Å². The maximum absolute atomic E-state index is 13.1. The van der Waals surface area contributed by atoms with Gasteiger partial charge in [0.05, 0.1) is 13.6 Å². The third-order valence-corrected chi connectivity index (χ3v) is 6.71. The van der Waals surface area contributed by atoms with E-state index in [9.17, 15) is 4.79 Å². The predicted octanol–water partition coefficient (Wildman–Crippen LogP) is 7.59. The molecule has 1 aliphatic carbocycles. The quantitative estimate of drug-likeness (QED) is 0.130. The third kappa shape index (κ3) is 8.73. The van der Waals surface area contributed by atoms with Crippen molar-refractivity contribution in [3.8, 4) is 0 Å². The van der Waals surface area contributed by atoms with E-state index in [1.807, 2.05) is 12.1 Å². The van der Waals surface area contributed by atoms with Crippen molar-refractivity contribution in [2.45, 2.75) is 96.4 Å². The zero-order valence-electron chi connectivity index (χ0n) is 19.0. The Kier molecular flexibility index (Phi) is 9.93. The molecule has 1 fully saturated rings. The molecule has 29 heavy (non-hydrogen) atoms. The zero-order chi connectivity index (χ0) is 21.1. The van der Waals surface area contributed by atoms with E-state index in [4.69, 9.17) is 4.74 Å². The summed E-state index contributed by atoms with van der Waals surface area (Å²) in [4.78, 5) is 13.1. The van der Waals surface area contributed by atoms with Gasteiger partial charge in [0.25, 0.3) is 0 Å². The van der Waals surface area contributed by atoms with E-state index < -0.39 is 8.07 Å². The van der Waals surface area contributed by atoms with Gasteiger partial charge in [0.1, 0.15) is 6.10 Å². The molecule has 0 N–H and O–H groups in total. The van der Waals surface area contributed by atoms with Gasteiger partial charge in [0.15, 0.2) is 0 Å². The first-order chi connectivity index (χ1) is 13.9. The largest absolute Gasteiger partial charge is 0.458 e. The molecule has 1 aromatic rings. The Morgan fingerprint density at radius 3 is 2.48 bits per heavy atom. The predicted molar refractivity (Wildman–Crippen MR) is 127 cm³/mol. The molecule has 1 aliphatic rings. The topological polar surface area (TPSA) is 26.3 Å². The van der Waals surface area contributed by atoms with Crippen molar-refractivity contribution in [3.63, 3.8) is 0 Å². The van der Waals surface area contributed by atoms with E-state index in [0.29, 0.717) is 5.92 Å². The number of carbonyl (C=O) groups excluding carboxylic acids is 1. The van der Waals surface area contributed by atoms with Crippen LogP contribution in [0.3, 0.4) is 0 Å². The van der Waals surface area contributed by atoms with Crippen LogP contribution in [0.15, 0.2) is 53.8 Å². The van der Waals surface area contributed by atoms with Crippen LogP contribution in [0.4, 0.5) is 0 Å². The minimum absolute atomic E-state index is 0.0124. The number of benzene rings is 1. The molecule has 2 nitrogen and oxygen atoms in total. The summed E-state index contributed by atoms with van der Waals surface area (Å²) in [7, 11) is -1.53. The van der Waals surface area contributed by atoms with Crippen molar-refractivity contribution in [3.05, 3.63) is 59.3 Å². The highest BCUT2D eigenvalue weighted by Crippen LogP contribution is 2.35. The van der Waals surface area contributed by atoms with Crippen molar-refractivity contribution >= 4 is 14.0 Å². The van der Waals surface area contributed by atoms with Crippen LogP contribution in [0.1, 0.15) is 76.2 Å². The molecular formula is C26H40O2Si. The van der Waals surface area contributed by atoms with Crippen molar-refractivity contribution in [1.29, 1.82) is 0 Å². The second-order valence-electron chi connectivity index (χ2n) is 9.46. The highest BCUT2D eigenvalue weighted by Gasteiger charge is 2.30. The summed E-state index contributed by atoms with van der Waals surface area (Å²) in [6.45, 7) is 9.03. The molecule has 0 bridgehead atoms. The van der Waals surface area contributed by atoms with Gasteiger partial charge in [-0.15, -0.1) is 0 Å². The number of unbranched alkanes of at least 4 members (excludes halogenated alkanes) is 4. The van der Waals surface area contributed by atoms with Gasteiger partial charge in [-0.1, -0.05) is 100 Å². The first-order valence-corrected chi connectivity index (χ1v) is 15.1.